The van der Waals surface area contributed by atoms with Crippen molar-refractivity contribution in [2.45, 2.75) is 43.4 Å². The molecule has 5 atom stereocenters. The van der Waals surface area contributed by atoms with E-state index < -0.39 is 10.3 Å². The van der Waals surface area contributed by atoms with Crippen LogP contribution in [0.3, 0.4) is 0 Å². The van der Waals surface area contributed by atoms with Gasteiger partial charge in [0.05, 0.1) is 5.56 Å². The lowest BCUT2D eigenvalue weighted by Gasteiger charge is -2.42. The molecule has 2 heterocycles. The van der Waals surface area contributed by atoms with Crippen molar-refractivity contribution in [1.82, 2.24) is 4.57 Å². The van der Waals surface area contributed by atoms with Crippen LogP contribution in [0.1, 0.15) is 53.5 Å². The molecular weight excluding hydrogens is 398 g/mol. The molecule has 2 aliphatic carbocycles. The van der Waals surface area contributed by atoms with Crippen LogP contribution in [-0.2, 0) is 11.2 Å². The van der Waals surface area contributed by atoms with Crippen LogP contribution < -0.4 is 0 Å². The Morgan fingerprint density at radius 2 is 2.00 bits per heavy atom. The monoisotopic (exact) mass is 419 g/mol. The van der Waals surface area contributed by atoms with Gasteiger partial charge in [-0.1, -0.05) is 47.8 Å². The molecule has 0 aromatic carbocycles. The Balaban J connectivity index is 1.68. The van der Waals surface area contributed by atoms with Crippen molar-refractivity contribution in [2.24, 2.45) is 23.7 Å². The van der Waals surface area contributed by atoms with Gasteiger partial charge in [-0.05, 0) is 36.7 Å². The lowest BCUT2D eigenvalue weighted by Crippen LogP contribution is -2.49. The predicted molar refractivity (Wildman–Crippen MR) is 99.6 cm³/mol. The number of fused-ring (bicyclic) bond motifs is 2. The maximum atomic E-state index is 13.6. The normalized spacial score (nSPS) is 35.8. The van der Waals surface area contributed by atoms with Gasteiger partial charge in [-0.25, -0.2) is 4.79 Å². The van der Waals surface area contributed by atoms with Gasteiger partial charge in [0.2, 0.25) is 0 Å². The Labute approximate surface area is 160 Å². The fourth-order valence-electron chi connectivity index (χ4n) is 5.12. The number of hydrogen-bond acceptors (Lipinski definition) is 3. The molecule has 0 saturated heterocycles. The first-order valence-corrected chi connectivity index (χ1v) is 10.0. The summed E-state index contributed by atoms with van der Waals surface area (Å²) in [6, 6.07) is 1.43. The van der Waals surface area contributed by atoms with Crippen LogP contribution in [0, 0.1) is 23.7 Å². The number of alkyl halides is 1. The zero-order valence-corrected chi connectivity index (χ0v) is 16.2. The van der Waals surface area contributed by atoms with Gasteiger partial charge in [0.25, 0.3) is 5.91 Å². The molecule has 3 aliphatic rings. The van der Waals surface area contributed by atoms with Crippen molar-refractivity contribution in [3.05, 3.63) is 35.7 Å². The number of ketones is 1. The summed E-state index contributed by atoms with van der Waals surface area (Å²) in [5, 5.41) is 9.34. The number of nitrogens with zero attached hydrogens (tertiary/aromatic N) is 1. The summed E-state index contributed by atoms with van der Waals surface area (Å²) in [6.07, 6.45) is 10.4. The Morgan fingerprint density at radius 1 is 1.27 bits per heavy atom. The Bertz CT molecular complexity index is 826. The van der Waals surface area contributed by atoms with E-state index in [1.807, 2.05) is 6.92 Å². The van der Waals surface area contributed by atoms with Crippen LogP contribution in [0.15, 0.2) is 24.4 Å². The van der Waals surface area contributed by atoms with E-state index >= 15 is 0 Å². The molecule has 2 unspecified atom stereocenters. The molecule has 5 nitrogen and oxygen atoms in total. The molecule has 1 saturated carbocycles. The number of carboxylic acids is 1. The van der Waals surface area contributed by atoms with Crippen molar-refractivity contribution in [2.75, 3.05) is 0 Å². The third kappa shape index (κ3) is 2.45. The van der Waals surface area contributed by atoms with Gasteiger partial charge < -0.3 is 5.11 Å². The van der Waals surface area contributed by atoms with E-state index in [1.165, 1.54) is 23.3 Å². The molecule has 1 N–H and O–H groups in total. The van der Waals surface area contributed by atoms with Crippen molar-refractivity contribution in [3.63, 3.8) is 0 Å². The number of aromatic carboxylic acids is 1. The molecule has 0 bridgehead atoms. The second kappa shape index (κ2) is 6.19. The maximum Gasteiger partial charge on any atom is 0.337 e. The molecule has 0 spiro atoms. The summed E-state index contributed by atoms with van der Waals surface area (Å²) >= 11 is 3.46. The molecule has 6 heteroatoms. The Hall–Kier alpha value is -1.69. The standard InChI is InChI=1S/C20H22BrNO4/c1-11-6-7-12-4-2-3-5-13(12)16(11)17(23)20(21)10-15-14(18(24)25)8-9-22(15)19(20)26/h6-9,11-13,16H,2-5,10H2,1H3,(H,24,25)/t11-,12+,13-,16?,20?/m0/s1. The fraction of sp³-hybridized carbons (Fsp3) is 0.550. The number of aromatic nitrogens is 1. The van der Waals surface area contributed by atoms with Crippen LogP contribution in [0.5, 0.6) is 0 Å². The first kappa shape index (κ1) is 17.7. The molecule has 0 radical (unpaired) electrons. The highest BCUT2D eigenvalue weighted by molar-refractivity contribution is 9.10. The van der Waals surface area contributed by atoms with E-state index in [2.05, 4.69) is 28.1 Å². The van der Waals surface area contributed by atoms with E-state index in [1.54, 1.807) is 0 Å². The minimum Gasteiger partial charge on any atom is -0.478 e. The summed E-state index contributed by atoms with van der Waals surface area (Å²) in [7, 11) is 0. The summed E-state index contributed by atoms with van der Waals surface area (Å²) < 4.78 is -0.0162. The molecular formula is C20H22BrNO4. The van der Waals surface area contributed by atoms with Gasteiger partial charge in [0, 0.05) is 24.2 Å². The smallest absolute Gasteiger partial charge is 0.337 e. The topological polar surface area (TPSA) is 76.4 Å². The maximum absolute atomic E-state index is 13.6. The minimum absolute atomic E-state index is 0.0861. The Morgan fingerprint density at radius 3 is 2.73 bits per heavy atom. The van der Waals surface area contributed by atoms with Crippen LogP contribution in [0.4, 0.5) is 0 Å². The van der Waals surface area contributed by atoms with Gasteiger partial charge in [0.15, 0.2) is 10.1 Å². The molecule has 1 aromatic heterocycles. The van der Waals surface area contributed by atoms with Crippen molar-refractivity contribution in [3.8, 4) is 0 Å². The van der Waals surface area contributed by atoms with Gasteiger partial charge in [-0.3, -0.25) is 14.2 Å². The highest BCUT2D eigenvalue weighted by atomic mass is 79.9. The highest BCUT2D eigenvalue weighted by Crippen LogP contribution is 2.47. The van der Waals surface area contributed by atoms with Gasteiger partial charge in [0.1, 0.15) is 0 Å². The number of Topliss-reactive ketones (excluding diaryl/α,β-unsaturated/α-hetero) is 1. The van der Waals surface area contributed by atoms with Crippen LogP contribution in [0.2, 0.25) is 0 Å². The number of allylic oxidation sites excluding steroid dienone is 2. The van der Waals surface area contributed by atoms with Gasteiger partial charge >= 0.3 is 5.97 Å². The number of carboxylic acid groups (broad SMARTS) is 1. The second-order valence-electron chi connectivity index (χ2n) is 7.88. The summed E-state index contributed by atoms with van der Waals surface area (Å²) in [5.41, 5.74) is 0.506. The highest BCUT2D eigenvalue weighted by Gasteiger charge is 2.55. The fourth-order valence-corrected chi connectivity index (χ4v) is 5.84. The van der Waals surface area contributed by atoms with Gasteiger partial charge in [-0.15, -0.1) is 0 Å². The molecule has 1 aliphatic heterocycles. The molecule has 26 heavy (non-hydrogen) atoms. The SMILES string of the molecule is C[C@H]1C=C[C@H]2CCCC[C@@H]2C1C(=O)C1(Br)Cc2c(C(=O)O)ccn2C1=O. The van der Waals surface area contributed by atoms with Crippen LogP contribution >= 0.6 is 15.9 Å². The molecule has 138 valence electrons. The summed E-state index contributed by atoms with van der Waals surface area (Å²) in [5.74, 6) is -0.950. The first-order valence-electron chi connectivity index (χ1n) is 9.24. The van der Waals surface area contributed by atoms with Crippen molar-refractivity contribution >= 4 is 33.6 Å². The van der Waals surface area contributed by atoms with E-state index in [0.29, 0.717) is 11.6 Å². The number of halogens is 1. The van der Waals surface area contributed by atoms with Crippen molar-refractivity contribution in [1.29, 1.82) is 0 Å². The zero-order valence-electron chi connectivity index (χ0n) is 14.7. The Kier molecular flexibility index (Phi) is 4.21. The van der Waals surface area contributed by atoms with Crippen LogP contribution in [-0.4, -0.2) is 31.7 Å². The number of hydrogen-bond donors (Lipinski definition) is 1. The third-order valence-corrected chi connectivity index (χ3v) is 7.46. The van der Waals surface area contributed by atoms with Crippen molar-refractivity contribution < 1.29 is 19.5 Å². The number of carbonyl (C=O) groups excluding carboxylic acids is 2. The predicted octanol–water partition coefficient (Wildman–Crippen LogP) is 3.71. The second-order valence-corrected chi connectivity index (χ2v) is 9.23. The van der Waals surface area contributed by atoms with E-state index in [0.717, 1.165) is 19.3 Å². The van der Waals surface area contributed by atoms with E-state index in [9.17, 15) is 19.5 Å². The lowest BCUT2D eigenvalue weighted by atomic mass is 9.62. The molecule has 1 fully saturated rings. The number of rotatable bonds is 3. The number of carbonyl (C=O) groups is 3. The van der Waals surface area contributed by atoms with Gasteiger partial charge in [-0.2, -0.15) is 0 Å². The van der Waals surface area contributed by atoms with Crippen LogP contribution in [0.25, 0.3) is 0 Å². The molecule has 0 amide bonds. The lowest BCUT2D eigenvalue weighted by molar-refractivity contribution is -0.128. The minimum atomic E-state index is -1.35. The average Bonchev–Trinajstić information content (AvgIpc) is 3.13. The van der Waals surface area contributed by atoms with E-state index in [-0.39, 0.29) is 41.4 Å². The quantitative estimate of drug-likeness (QED) is 0.460. The largest absolute Gasteiger partial charge is 0.478 e. The first-order chi connectivity index (χ1) is 12.3. The molecule has 1 aromatic rings. The third-order valence-electron chi connectivity index (χ3n) is 6.45. The average molecular weight is 420 g/mol. The zero-order chi connectivity index (χ0) is 18.6. The summed E-state index contributed by atoms with van der Waals surface area (Å²) in [4.78, 5) is 38.0. The summed E-state index contributed by atoms with van der Waals surface area (Å²) in [6.45, 7) is 2.04. The molecule has 4 rings (SSSR count). The van der Waals surface area contributed by atoms with E-state index in [4.69, 9.17) is 0 Å².